The Morgan fingerprint density at radius 3 is 2.66 bits per heavy atom. The van der Waals surface area contributed by atoms with Gasteiger partial charge in [-0.05, 0) is 49.3 Å². The Labute approximate surface area is 207 Å². The molecule has 10 heteroatoms. The number of amides is 2. The van der Waals surface area contributed by atoms with Gasteiger partial charge in [0.05, 0.1) is 5.92 Å². The van der Waals surface area contributed by atoms with E-state index in [0.29, 0.717) is 39.7 Å². The van der Waals surface area contributed by atoms with E-state index >= 15 is 0 Å². The molecule has 184 valence electrons. The summed E-state index contributed by atoms with van der Waals surface area (Å²) in [4.78, 5) is 49.1. The molecule has 0 radical (unpaired) electrons. The number of piperidine rings is 1. The maximum Gasteiger partial charge on any atom is 0.273 e. The molecule has 3 heterocycles. The van der Waals surface area contributed by atoms with Gasteiger partial charge in [-0.15, -0.1) is 0 Å². The highest BCUT2D eigenvalue weighted by atomic mass is 32.1. The second-order valence-electron chi connectivity index (χ2n) is 9.72. The lowest BCUT2D eigenvalue weighted by molar-refractivity contribution is -0.125. The molecular weight excluding hydrogens is 464 g/mol. The van der Waals surface area contributed by atoms with Crippen LogP contribution in [0.4, 0.5) is 10.8 Å². The number of thiazole rings is 1. The molecule has 1 atom stereocenters. The van der Waals surface area contributed by atoms with Gasteiger partial charge < -0.3 is 15.5 Å². The van der Waals surface area contributed by atoms with E-state index < -0.39 is 0 Å². The minimum Gasteiger partial charge on any atom is -0.353 e. The number of anilines is 2. The highest BCUT2D eigenvalue weighted by Gasteiger charge is 2.31. The van der Waals surface area contributed by atoms with Gasteiger partial charge in [-0.25, -0.2) is 4.98 Å². The van der Waals surface area contributed by atoms with E-state index in [1.54, 1.807) is 0 Å². The second kappa shape index (κ2) is 9.77. The van der Waals surface area contributed by atoms with Crippen LogP contribution in [0.15, 0.2) is 35.4 Å². The van der Waals surface area contributed by atoms with Crippen molar-refractivity contribution in [2.75, 3.05) is 23.3 Å². The van der Waals surface area contributed by atoms with Gasteiger partial charge in [0.1, 0.15) is 17.6 Å². The van der Waals surface area contributed by atoms with Crippen molar-refractivity contribution in [3.05, 3.63) is 46.5 Å². The Bertz CT molecular complexity index is 1290. The van der Waals surface area contributed by atoms with Crippen LogP contribution in [0.2, 0.25) is 0 Å². The molecular formula is C25H30N6O3S. The average molecular weight is 495 g/mol. The fourth-order valence-electron chi connectivity index (χ4n) is 4.30. The Morgan fingerprint density at radius 1 is 1.17 bits per heavy atom. The molecule has 2 aliphatic rings. The maximum absolute atomic E-state index is 13.1. The summed E-state index contributed by atoms with van der Waals surface area (Å²) >= 11 is 1.28. The summed E-state index contributed by atoms with van der Waals surface area (Å²) < 4.78 is 1.73. The maximum atomic E-state index is 13.1. The van der Waals surface area contributed by atoms with E-state index in [2.05, 4.69) is 39.3 Å². The topological polar surface area (TPSA) is 109 Å². The van der Waals surface area contributed by atoms with Crippen LogP contribution in [-0.2, 0) is 16.1 Å². The van der Waals surface area contributed by atoms with E-state index in [0.717, 1.165) is 32.2 Å². The summed E-state index contributed by atoms with van der Waals surface area (Å²) in [5.74, 6) is 0.162. The molecule has 3 aromatic rings. The van der Waals surface area contributed by atoms with Crippen LogP contribution in [0.5, 0.6) is 0 Å². The number of carbonyl (C=O) groups excluding carboxylic acids is 2. The molecule has 5 rings (SSSR count). The lowest BCUT2D eigenvalue weighted by Gasteiger charge is -2.31. The zero-order valence-electron chi connectivity index (χ0n) is 20.0. The summed E-state index contributed by atoms with van der Waals surface area (Å²) in [5.41, 5.74) is 1.97. The quantitative estimate of drug-likeness (QED) is 0.522. The van der Waals surface area contributed by atoms with Crippen molar-refractivity contribution in [3.8, 4) is 0 Å². The van der Waals surface area contributed by atoms with E-state index in [-0.39, 0.29) is 29.8 Å². The van der Waals surface area contributed by atoms with Gasteiger partial charge >= 0.3 is 0 Å². The Kier molecular flexibility index (Phi) is 6.55. The predicted molar refractivity (Wildman–Crippen MR) is 137 cm³/mol. The molecule has 2 N–H and O–H groups in total. The SMILES string of the molecule is CC(C)c1ccc(NC(=O)Cn2cnc3nc(N4CCC[C@@H](C(=O)NC5CC5)C4)sc3c2=O)cc1. The van der Waals surface area contributed by atoms with Crippen LogP contribution in [0.25, 0.3) is 10.3 Å². The average Bonchev–Trinajstić information content (AvgIpc) is 3.55. The second-order valence-corrected chi connectivity index (χ2v) is 10.7. The molecule has 1 saturated carbocycles. The molecule has 2 amide bonds. The fraction of sp³-hybridized carbons (Fsp3) is 0.480. The van der Waals surface area contributed by atoms with Crippen LogP contribution < -0.4 is 21.1 Å². The van der Waals surface area contributed by atoms with E-state index in [9.17, 15) is 14.4 Å². The van der Waals surface area contributed by atoms with Crippen LogP contribution in [0.1, 0.15) is 51.0 Å². The largest absolute Gasteiger partial charge is 0.353 e. The molecule has 1 saturated heterocycles. The molecule has 2 fully saturated rings. The standard InChI is InChI=1S/C25H30N6O3S/c1-15(2)16-5-7-18(8-6-16)27-20(32)13-31-14-26-22-21(24(31)34)35-25(29-22)30-11-3-4-17(12-30)23(33)28-19-9-10-19/h5-8,14-15,17,19H,3-4,9-13H2,1-2H3,(H,27,32)(H,28,33)/t17-/m1/s1. The van der Waals surface area contributed by atoms with Crippen LogP contribution >= 0.6 is 11.3 Å². The summed E-state index contributed by atoms with van der Waals surface area (Å²) in [6.45, 7) is 5.48. The van der Waals surface area contributed by atoms with Gasteiger partial charge in [0.25, 0.3) is 5.56 Å². The summed E-state index contributed by atoms with van der Waals surface area (Å²) in [7, 11) is 0. The Hall–Kier alpha value is -3.27. The smallest absolute Gasteiger partial charge is 0.273 e. The number of rotatable bonds is 7. The van der Waals surface area contributed by atoms with Crippen molar-refractivity contribution >= 4 is 44.3 Å². The predicted octanol–water partition coefficient (Wildman–Crippen LogP) is 3.11. The van der Waals surface area contributed by atoms with Crippen molar-refractivity contribution in [1.82, 2.24) is 19.9 Å². The van der Waals surface area contributed by atoms with Crippen molar-refractivity contribution in [2.45, 2.75) is 58.0 Å². The zero-order chi connectivity index (χ0) is 24.5. The number of nitrogens with zero attached hydrogens (tertiary/aromatic N) is 4. The number of fused-ring (bicyclic) bond motifs is 1. The molecule has 1 aliphatic heterocycles. The van der Waals surface area contributed by atoms with Gasteiger partial charge in [-0.2, -0.15) is 4.98 Å². The Balaban J connectivity index is 1.27. The first kappa shape index (κ1) is 23.5. The first-order chi connectivity index (χ1) is 16.9. The highest BCUT2D eigenvalue weighted by molar-refractivity contribution is 7.22. The van der Waals surface area contributed by atoms with Crippen LogP contribution in [0, 0.1) is 5.92 Å². The molecule has 35 heavy (non-hydrogen) atoms. The molecule has 2 aromatic heterocycles. The molecule has 1 aromatic carbocycles. The minimum absolute atomic E-state index is 0.0701. The lowest BCUT2D eigenvalue weighted by Crippen LogP contribution is -2.43. The van der Waals surface area contributed by atoms with E-state index in [1.807, 2.05) is 24.3 Å². The molecule has 0 spiro atoms. The number of nitrogens with one attached hydrogen (secondary N) is 2. The number of aromatic nitrogens is 3. The molecule has 0 bridgehead atoms. The third-order valence-corrected chi connectivity index (χ3v) is 7.63. The van der Waals surface area contributed by atoms with Crippen LogP contribution in [-0.4, -0.2) is 45.5 Å². The summed E-state index contributed by atoms with van der Waals surface area (Å²) in [6.07, 6.45) is 5.27. The third kappa shape index (κ3) is 5.37. The van der Waals surface area contributed by atoms with Crippen molar-refractivity contribution < 1.29 is 9.59 Å². The van der Waals surface area contributed by atoms with Crippen molar-refractivity contribution in [1.29, 1.82) is 0 Å². The number of hydrogen-bond acceptors (Lipinski definition) is 7. The molecule has 1 aliphatic carbocycles. The van der Waals surface area contributed by atoms with Gasteiger partial charge in [-0.1, -0.05) is 37.3 Å². The van der Waals surface area contributed by atoms with E-state index in [4.69, 9.17) is 0 Å². The van der Waals surface area contributed by atoms with Crippen molar-refractivity contribution in [3.63, 3.8) is 0 Å². The van der Waals surface area contributed by atoms with Gasteiger partial charge in [-0.3, -0.25) is 19.0 Å². The van der Waals surface area contributed by atoms with Crippen LogP contribution in [0.3, 0.4) is 0 Å². The normalized spacial score (nSPS) is 18.1. The number of benzene rings is 1. The Morgan fingerprint density at radius 2 is 1.94 bits per heavy atom. The van der Waals surface area contributed by atoms with E-state index in [1.165, 1.54) is 27.8 Å². The first-order valence-corrected chi connectivity index (χ1v) is 13.0. The lowest BCUT2D eigenvalue weighted by atomic mass is 9.97. The minimum atomic E-state index is -0.296. The van der Waals surface area contributed by atoms with Crippen molar-refractivity contribution in [2.24, 2.45) is 5.92 Å². The van der Waals surface area contributed by atoms with Gasteiger partial charge in [0.15, 0.2) is 10.8 Å². The number of hydrogen-bond donors (Lipinski definition) is 2. The van der Waals surface area contributed by atoms with Gasteiger partial charge in [0.2, 0.25) is 11.8 Å². The molecule has 9 nitrogen and oxygen atoms in total. The monoisotopic (exact) mass is 494 g/mol. The summed E-state index contributed by atoms with van der Waals surface area (Å²) in [5, 5.41) is 6.63. The number of carbonyl (C=O) groups is 2. The third-order valence-electron chi connectivity index (χ3n) is 6.53. The fourth-order valence-corrected chi connectivity index (χ4v) is 5.31. The highest BCUT2D eigenvalue weighted by Crippen LogP contribution is 2.30. The molecule has 0 unspecified atom stereocenters. The summed E-state index contributed by atoms with van der Waals surface area (Å²) in [6, 6.07) is 8.05. The zero-order valence-corrected chi connectivity index (χ0v) is 20.8. The first-order valence-electron chi connectivity index (χ1n) is 12.2. The van der Waals surface area contributed by atoms with Gasteiger partial charge in [0, 0.05) is 24.8 Å².